The lowest BCUT2D eigenvalue weighted by Crippen LogP contribution is -2.54. The predicted molar refractivity (Wildman–Crippen MR) is 239 cm³/mol. The Bertz CT molecular complexity index is 2470. The van der Waals surface area contributed by atoms with E-state index in [9.17, 15) is 23.6 Å². The van der Waals surface area contributed by atoms with Crippen molar-refractivity contribution in [2.45, 2.75) is 44.1 Å². The van der Waals surface area contributed by atoms with Crippen molar-refractivity contribution in [2.24, 2.45) is 0 Å². The Morgan fingerprint density at radius 3 is 2.42 bits per heavy atom. The summed E-state index contributed by atoms with van der Waals surface area (Å²) in [5.41, 5.74) is 2.13. The molecule has 5 heterocycles. The van der Waals surface area contributed by atoms with Crippen molar-refractivity contribution in [3.63, 3.8) is 0 Å². The molecule has 1 unspecified atom stereocenters. The monoisotopic (exact) mass is 902 g/mol. The number of likely N-dealkylation sites (tertiary alicyclic amines) is 1. The van der Waals surface area contributed by atoms with Gasteiger partial charge in [0, 0.05) is 105 Å². The number of amides is 2. The number of piperazine rings is 1. The predicted octanol–water partition coefficient (Wildman–Crippen LogP) is 6.34. The van der Waals surface area contributed by atoms with Crippen LogP contribution < -0.4 is 20.3 Å². The van der Waals surface area contributed by atoms with Gasteiger partial charge in [-0.3, -0.25) is 19.3 Å². The molecule has 19 heteroatoms. The van der Waals surface area contributed by atoms with Gasteiger partial charge in [0.2, 0.25) is 17.6 Å². The smallest absolute Gasteiger partial charge is 0.267 e. The first-order valence-corrected chi connectivity index (χ1v) is 21.8. The molecule has 0 radical (unpaired) electrons. The largest absolute Gasteiger partial charge is 0.376 e. The van der Waals surface area contributed by atoms with Gasteiger partial charge in [-0.1, -0.05) is 19.1 Å². The topological polar surface area (TPSA) is 159 Å². The van der Waals surface area contributed by atoms with Crippen molar-refractivity contribution in [3.8, 4) is 11.1 Å². The second-order valence-electron chi connectivity index (χ2n) is 15.9. The summed E-state index contributed by atoms with van der Waals surface area (Å²) in [6.07, 6.45) is 6.03. The maximum Gasteiger partial charge on any atom is 0.267 e. The van der Waals surface area contributed by atoms with Crippen LogP contribution in [-0.4, -0.2) is 131 Å². The maximum absolute atomic E-state index is 15.6. The minimum atomic E-state index is -3.07. The van der Waals surface area contributed by atoms with Gasteiger partial charge >= 0.3 is 0 Å². The second kappa shape index (κ2) is 20.2. The van der Waals surface area contributed by atoms with Gasteiger partial charge in [0.25, 0.3) is 5.92 Å². The Balaban J connectivity index is 0.915. The molecule has 2 saturated heterocycles. The molecule has 2 aromatic carbocycles. The third-order valence-corrected chi connectivity index (χ3v) is 12.6. The fraction of sp³-hybridized carbons (Fsp3) is 0.378. The number of fused-ring (bicyclic) bond motifs is 1. The number of aromatic amines is 1. The number of alkyl halides is 2. The number of piperidine rings is 1. The number of pyridine rings is 2. The van der Waals surface area contributed by atoms with Crippen LogP contribution in [-0.2, 0) is 14.4 Å². The molecule has 64 heavy (non-hydrogen) atoms. The van der Waals surface area contributed by atoms with Gasteiger partial charge < -0.3 is 34.9 Å². The number of aldehydes is 1. The molecule has 5 aromatic rings. The van der Waals surface area contributed by atoms with Gasteiger partial charge in [0.1, 0.15) is 23.6 Å². The van der Waals surface area contributed by atoms with E-state index in [1.165, 1.54) is 24.2 Å². The maximum atomic E-state index is 15.6. The molecule has 2 atom stereocenters. The molecule has 2 aliphatic rings. The summed E-state index contributed by atoms with van der Waals surface area (Å²) in [6, 6.07) is 13.7. The first kappa shape index (κ1) is 46.0. The fourth-order valence-electron chi connectivity index (χ4n) is 7.90. The van der Waals surface area contributed by atoms with Gasteiger partial charge in [0.15, 0.2) is 5.82 Å². The molecule has 2 fully saturated rings. The third-order valence-electron chi connectivity index (χ3n) is 11.7. The van der Waals surface area contributed by atoms with Crippen LogP contribution in [0.2, 0.25) is 0 Å². The zero-order valence-electron chi connectivity index (χ0n) is 35.7. The number of hydrogen-bond donors (Lipinski definition) is 4. The molecule has 2 amide bonds. The van der Waals surface area contributed by atoms with Gasteiger partial charge in [-0.25, -0.2) is 31.8 Å². The summed E-state index contributed by atoms with van der Waals surface area (Å²) < 4.78 is 66.3. The zero-order chi connectivity index (χ0) is 45.5. The van der Waals surface area contributed by atoms with Crippen LogP contribution in [0.25, 0.3) is 22.2 Å². The summed E-state index contributed by atoms with van der Waals surface area (Å²) >= 11 is 1.12. The number of anilines is 3. The number of benzene rings is 2. The molecule has 14 nitrogen and oxygen atoms in total. The molecule has 0 aliphatic carbocycles. The number of aromatic nitrogens is 3. The molecule has 2 aliphatic heterocycles. The molecule has 4 N–H and O–H groups in total. The van der Waals surface area contributed by atoms with E-state index in [2.05, 4.69) is 30.3 Å². The highest BCUT2D eigenvalue weighted by Gasteiger charge is 2.45. The molecule has 0 saturated carbocycles. The van der Waals surface area contributed by atoms with E-state index in [1.807, 2.05) is 24.0 Å². The van der Waals surface area contributed by atoms with Crippen LogP contribution in [0.1, 0.15) is 53.6 Å². The number of rotatable bonds is 17. The third kappa shape index (κ3) is 10.5. The minimum absolute atomic E-state index is 0.0216. The minimum Gasteiger partial charge on any atom is -0.376 e. The number of H-pyrrole nitrogens is 1. The molecule has 0 spiro atoms. The number of carbonyl (C=O) groups is 4. The molecule has 338 valence electrons. The average molecular weight is 903 g/mol. The number of nitrogens with one attached hydrogen (secondary N) is 4. The second-order valence-corrected chi connectivity index (χ2v) is 16.9. The Labute approximate surface area is 372 Å². The van der Waals surface area contributed by atoms with E-state index in [-0.39, 0.29) is 42.5 Å². The van der Waals surface area contributed by atoms with E-state index in [0.29, 0.717) is 84.9 Å². The van der Waals surface area contributed by atoms with Crippen molar-refractivity contribution in [1.82, 2.24) is 34.4 Å². The van der Waals surface area contributed by atoms with Gasteiger partial charge in [-0.2, -0.15) is 0 Å². The number of halogens is 4. The lowest BCUT2D eigenvalue weighted by atomic mass is 9.86. The lowest BCUT2D eigenvalue weighted by molar-refractivity contribution is -0.136. The highest BCUT2D eigenvalue weighted by Crippen LogP contribution is 2.41. The lowest BCUT2D eigenvalue weighted by Gasteiger charge is -2.40. The molecule has 3 aromatic heterocycles. The van der Waals surface area contributed by atoms with E-state index in [0.717, 1.165) is 24.5 Å². The highest BCUT2D eigenvalue weighted by molar-refractivity contribution is 7.98. The fourth-order valence-corrected chi connectivity index (χ4v) is 8.44. The number of hydrogen-bond acceptors (Lipinski definition) is 12. The summed E-state index contributed by atoms with van der Waals surface area (Å²) in [6.45, 7) is 4.03. The van der Waals surface area contributed by atoms with Crippen molar-refractivity contribution < 1.29 is 36.7 Å². The quantitative estimate of drug-likeness (QED) is 0.0356. The molecular formula is C45H50F4N10O4S. The molecular weight excluding hydrogens is 853 g/mol. The van der Waals surface area contributed by atoms with Gasteiger partial charge in [0.05, 0.1) is 36.3 Å². The van der Waals surface area contributed by atoms with E-state index < -0.39 is 47.4 Å². The first-order valence-electron chi connectivity index (χ1n) is 21.0. The van der Waals surface area contributed by atoms with Crippen LogP contribution in [0.4, 0.5) is 34.8 Å². The molecule has 0 bridgehead atoms. The molecule has 7 rings (SSSR count). The van der Waals surface area contributed by atoms with Crippen molar-refractivity contribution in [3.05, 3.63) is 102 Å². The normalized spacial score (nSPS) is 17.0. The van der Waals surface area contributed by atoms with Gasteiger partial charge in [-0.05, 0) is 74.5 Å². The zero-order valence-corrected chi connectivity index (χ0v) is 36.5. The summed E-state index contributed by atoms with van der Waals surface area (Å²) in [4.78, 5) is 67.3. The Morgan fingerprint density at radius 1 is 1.00 bits per heavy atom. The van der Waals surface area contributed by atoms with Gasteiger partial charge in [-0.15, -0.1) is 0 Å². The van der Waals surface area contributed by atoms with Crippen LogP contribution >= 0.6 is 12.1 Å². The number of carbonyl (C=O) groups excluding carboxylic acids is 4. The summed E-state index contributed by atoms with van der Waals surface area (Å²) in [5.74, 6) is -6.62. The highest BCUT2D eigenvalue weighted by atomic mass is 32.2. The van der Waals surface area contributed by atoms with Crippen LogP contribution in [0.3, 0.4) is 0 Å². The Morgan fingerprint density at radius 2 is 1.75 bits per heavy atom. The number of ketones is 1. The SMILES string of the molecule is CCN(C)SNc1ccc(F)c(C(=O)c2c[nH]c3ncc(-c4ccc(N5CCN(C(=O)CN6CC[C@@H](c7ccc(NC(C=O)CCC(=O)NC)cc7)C(F)(F)C6)CC5)nc4)cc23)c1F. The van der Waals surface area contributed by atoms with Crippen LogP contribution in [0.15, 0.2) is 73.2 Å². The van der Waals surface area contributed by atoms with Crippen LogP contribution in [0, 0.1) is 11.6 Å². The standard InChI is InChI=1S/C45H50F4N10O4S/c1-4-56(3)64-55-37-12-11-36(46)41(42(37)47)43(63)34-24-53-44-33(34)21-30(23-52-44)29-7-13-38(51-22-29)58-17-19-59(20-18-58)40(62)25-57-16-15-35(45(48,49)27-57)28-5-8-31(9-6-28)54-32(26-60)10-14-39(61)50-2/h5-9,11-13,21-24,26,32,35,54-55H,4,10,14-20,25,27H2,1-3H3,(H,50,61)(H,52,53)/t32?,35-/m0/s1. The van der Waals surface area contributed by atoms with E-state index >= 15 is 13.2 Å². The van der Waals surface area contributed by atoms with E-state index in [4.69, 9.17) is 0 Å². The first-order chi connectivity index (χ1) is 30.8. The Kier molecular flexibility index (Phi) is 14.5. The summed E-state index contributed by atoms with van der Waals surface area (Å²) in [5, 5.41) is 5.94. The Hall–Kier alpha value is -6.05. The van der Waals surface area contributed by atoms with Crippen molar-refractivity contribution in [2.75, 3.05) is 81.4 Å². The van der Waals surface area contributed by atoms with Crippen molar-refractivity contribution in [1.29, 1.82) is 0 Å². The van der Waals surface area contributed by atoms with E-state index in [1.54, 1.807) is 59.0 Å². The summed E-state index contributed by atoms with van der Waals surface area (Å²) in [7, 11) is 3.33. The van der Waals surface area contributed by atoms with Crippen LogP contribution in [0.5, 0.6) is 0 Å². The average Bonchev–Trinajstić information content (AvgIpc) is 3.73. The number of nitrogens with zero attached hydrogens (tertiary/aromatic N) is 6. The van der Waals surface area contributed by atoms with Crippen molar-refractivity contribution >= 4 is 64.2 Å².